The topological polar surface area (TPSA) is 376 Å². The van der Waals surface area contributed by atoms with Crippen LogP contribution < -0.4 is 29.8 Å². The first-order chi connectivity index (χ1) is 68.9. The van der Waals surface area contributed by atoms with E-state index < -0.39 is 109 Å². The molecule has 3 unspecified atom stereocenters. The number of nitrogens with zero attached hydrogens (tertiary/aromatic N) is 10. The van der Waals surface area contributed by atoms with Gasteiger partial charge in [0, 0.05) is 60.4 Å². The van der Waals surface area contributed by atoms with Gasteiger partial charge in [-0.2, -0.15) is 33.9 Å². The van der Waals surface area contributed by atoms with Crippen LogP contribution in [0, 0.1) is 39.9 Å². The lowest BCUT2D eigenvalue weighted by atomic mass is 9.79. The molecule has 13 rings (SSSR count). The molecular formula is C105H136F3N12O21P3. The summed E-state index contributed by atoms with van der Waals surface area (Å²) < 4.78 is 147. The van der Waals surface area contributed by atoms with Gasteiger partial charge in [-0.3, -0.25) is 43.7 Å². The number of imidazole rings is 1. The van der Waals surface area contributed by atoms with Crippen molar-refractivity contribution in [2.24, 2.45) is 5.92 Å². The highest BCUT2D eigenvalue weighted by molar-refractivity contribution is 7.45. The van der Waals surface area contributed by atoms with E-state index >= 15 is 0 Å². The maximum Gasteiger partial charge on any atom is 0.449 e. The molecule has 778 valence electrons. The van der Waals surface area contributed by atoms with Crippen molar-refractivity contribution in [3.05, 3.63) is 220 Å². The summed E-state index contributed by atoms with van der Waals surface area (Å²) in [5.74, 6) is -0.215. The number of aromatic nitrogens is 4. The molecule has 4 saturated heterocycles. The number of carbonyl (C=O) groups excluding carboxylic acids is 4. The van der Waals surface area contributed by atoms with E-state index in [0.717, 1.165) is 52.6 Å². The third-order valence-electron chi connectivity index (χ3n) is 24.9. The number of halogens is 3. The molecule has 0 saturated carbocycles. The number of amides is 2. The number of allylic oxidation sites excluding steroid dienone is 1. The maximum absolute atomic E-state index is 13.5. The fourth-order valence-electron chi connectivity index (χ4n) is 18.0. The molecule has 2 aromatic heterocycles. The second kappa shape index (κ2) is 52.9. The van der Waals surface area contributed by atoms with Gasteiger partial charge in [0.15, 0.2) is 29.4 Å². The molecule has 4 bridgehead atoms. The standard InChI is InChI=1S/C45H54N7O9P.C42H50N3O9P.C18H32F3N2O3P/c1-28(2)40(53)49-43-48-39-36(41(54)50-43)47-27-51(39)42-37-38(61-62(59-24-12-23-46)52(29(3)4)30(5)6)44(60-42,25-57-37)26-58-45(31-13-10-9-11-14-31,32-15-19-34(55-7)20-16-32)33-17-21-35(56-8)22-18-33;1-28(2)45(29(3)4)55(52-23-11-22-43)54-39-38-40(44-25-30(5)36(46)24-37(44)47)53-41(39,26-50-38)27-51-42(31-12-9-8-10-13-31,32-14-18-34(48-6)19-15-32)33-16-20-35(49-7)21-17-33;1-15(2)23(16(3)4)27(26-14-10-12-22)25-13-9-7-5-6-8-11-17(24)18(19,20)21/h9-11,13-22,27-30,37-38,42H,12,24-26H2,1-8H3,(H2,48,49,50,53,54);8-10,12-21,25,28-29,38-40H,11,23-24,26-27H2,1-7H3;15-16H,5-11,13-14H2,1-4H3/t37-,38+,42-,44-,62?;38-,39+,40-,41-,55?;/m11./s1. The second-order valence-corrected chi connectivity index (χ2v) is 41.6. The van der Waals surface area contributed by atoms with Crippen LogP contribution in [0.15, 0.2) is 181 Å². The summed E-state index contributed by atoms with van der Waals surface area (Å²) in [6.07, 6.45) is -3.43. The van der Waals surface area contributed by atoms with Gasteiger partial charge >= 0.3 is 6.18 Å². The predicted molar refractivity (Wildman–Crippen MR) is 538 cm³/mol. The number of methoxy groups -OCH3 is 4. The molecule has 0 radical (unpaired) electrons. The molecule has 39 heteroatoms. The zero-order chi connectivity index (χ0) is 104. The number of anilines is 1. The van der Waals surface area contributed by atoms with Crippen molar-refractivity contribution in [1.82, 2.24) is 38.4 Å². The van der Waals surface area contributed by atoms with E-state index in [0.29, 0.717) is 54.6 Å². The van der Waals surface area contributed by atoms with Crippen LogP contribution in [0.5, 0.6) is 23.0 Å². The normalized spacial score (nSPS) is 20.1. The van der Waals surface area contributed by atoms with Crippen molar-refractivity contribution in [3.63, 3.8) is 0 Å². The van der Waals surface area contributed by atoms with Gasteiger partial charge in [-0.05, 0) is 185 Å². The number of unbranched alkanes of at least 4 members (excludes halogenated alkanes) is 4. The monoisotopic (exact) mass is 2050 g/mol. The summed E-state index contributed by atoms with van der Waals surface area (Å²) in [5, 5.41) is 30.2. The Bertz CT molecular complexity index is 5580. The fourth-order valence-corrected chi connectivity index (χ4v) is 23.3. The number of hydrogen-bond acceptors (Lipinski definition) is 29. The van der Waals surface area contributed by atoms with Gasteiger partial charge in [0.05, 0.1) is 132 Å². The lowest BCUT2D eigenvalue weighted by molar-refractivity contribution is -0.213. The number of nitriles is 3. The first kappa shape index (κ1) is 114. The van der Waals surface area contributed by atoms with Crippen molar-refractivity contribution in [1.29, 1.82) is 15.8 Å². The van der Waals surface area contributed by atoms with E-state index in [2.05, 4.69) is 136 Å². The maximum atomic E-state index is 13.5. The minimum Gasteiger partial charge on any atom is -0.497 e. The molecule has 2 amide bonds. The Morgan fingerprint density at radius 2 is 0.882 bits per heavy atom. The molecule has 8 aromatic rings. The quantitative estimate of drug-likeness (QED) is 0.0155. The van der Waals surface area contributed by atoms with Gasteiger partial charge in [-0.1, -0.05) is 142 Å². The molecule has 11 atom stereocenters. The van der Waals surface area contributed by atoms with Gasteiger partial charge in [-0.15, -0.1) is 0 Å². The smallest absolute Gasteiger partial charge is 0.449 e. The lowest BCUT2D eigenvalue weighted by Crippen LogP contribution is -2.52. The molecule has 4 fully saturated rings. The Balaban J connectivity index is 0.000000221. The van der Waals surface area contributed by atoms with Gasteiger partial charge < -0.3 is 74.5 Å². The first-order valence-corrected chi connectivity index (χ1v) is 52.0. The predicted octanol–water partition coefficient (Wildman–Crippen LogP) is 19.7. The number of hydrogen-bond donors (Lipinski definition) is 2. The van der Waals surface area contributed by atoms with Crippen LogP contribution in [-0.4, -0.2) is 227 Å². The summed E-state index contributed by atoms with van der Waals surface area (Å²) in [6.45, 7) is 31.2. The summed E-state index contributed by atoms with van der Waals surface area (Å²) in [7, 11) is 1.71. The first-order valence-electron chi connectivity index (χ1n) is 48.6. The lowest BCUT2D eigenvalue weighted by Gasteiger charge is -2.41. The second-order valence-electron chi connectivity index (χ2n) is 37.3. The highest BCUT2D eigenvalue weighted by Crippen LogP contribution is 2.59. The zero-order valence-corrected chi connectivity index (χ0v) is 88.1. The zero-order valence-electron chi connectivity index (χ0n) is 85.4. The SMILES string of the molecule is CC(C)N(C(C)C)P(OCCC#N)OCCCCCCCC(=O)C(F)(F)F.COc1ccc(C(OC[C@@]23CO[C@@H]([C@H](N4C=C(C)C(=O)CC4=O)O2)[C@@H]3OP(OCCC#N)N(C(C)C)C(C)C)(c2ccccc2)c2ccc(OC)cc2)cc1.COc1ccc(C(OC[C@@]23CO[C@@H]([C@H](n4cnc5c(=O)[nH]c(NC(=O)C(C)C)nc54)O2)[C@@H]3OP(OCCC#N)N(C(C)C)C(C)C)(c2ccccc2)c2ccc(OC)cc2)cc1. The van der Waals surface area contributed by atoms with Crippen molar-refractivity contribution < 1.29 is 107 Å². The van der Waals surface area contributed by atoms with Gasteiger partial charge in [0.2, 0.25) is 23.5 Å². The Morgan fingerprint density at radius 1 is 0.514 bits per heavy atom. The van der Waals surface area contributed by atoms with Crippen LogP contribution in [0.3, 0.4) is 0 Å². The van der Waals surface area contributed by atoms with Crippen LogP contribution in [0.1, 0.15) is 208 Å². The van der Waals surface area contributed by atoms with E-state index in [1.54, 1.807) is 53.8 Å². The van der Waals surface area contributed by atoms with Gasteiger partial charge in [0.25, 0.3) is 31.1 Å². The molecule has 5 aliphatic heterocycles. The number of rotatable bonds is 51. The average molecular weight is 2050 g/mol. The Kier molecular flexibility index (Phi) is 42.0. The van der Waals surface area contributed by atoms with Gasteiger partial charge in [0.1, 0.15) is 69.8 Å². The molecular weight excluding hydrogens is 1920 g/mol. The minimum atomic E-state index is -4.71. The molecule has 0 aliphatic carbocycles. The summed E-state index contributed by atoms with van der Waals surface area (Å²) >= 11 is 0. The van der Waals surface area contributed by atoms with E-state index in [1.165, 1.54) is 17.4 Å². The van der Waals surface area contributed by atoms with E-state index in [1.807, 2.05) is 158 Å². The molecule has 5 aliphatic rings. The Hall–Kier alpha value is -10.2. The molecule has 2 N–H and O–H groups in total. The van der Waals surface area contributed by atoms with E-state index in [9.17, 15) is 47.7 Å². The number of Topliss-reactive ketones (excluding diaryl/α,β-unsaturated/α-hetero) is 2. The van der Waals surface area contributed by atoms with E-state index in [4.69, 9.17) is 79.8 Å². The number of fused-ring (bicyclic) bond motifs is 5. The third-order valence-corrected chi connectivity index (χ3v) is 31.3. The largest absolute Gasteiger partial charge is 0.497 e. The number of ether oxygens (including phenoxy) is 10. The van der Waals surface area contributed by atoms with Crippen molar-refractivity contribution >= 4 is 66.1 Å². The van der Waals surface area contributed by atoms with Crippen molar-refractivity contribution in [2.75, 3.05) is 86.6 Å². The van der Waals surface area contributed by atoms with E-state index in [-0.39, 0.29) is 142 Å². The fraction of sp³-hybridized carbons (Fsp3) is 0.524. The van der Waals surface area contributed by atoms with Crippen LogP contribution in [-0.2, 0) is 85.9 Å². The molecule has 6 aromatic carbocycles. The highest BCUT2D eigenvalue weighted by Gasteiger charge is 2.68. The van der Waals surface area contributed by atoms with Crippen molar-refractivity contribution in [3.8, 4) is 41.2 Å². The average Bonchev–Trinajstić information content (AvgIpc) is 1.60. The Labute approximate surface area is 845 Å². The number of alkyl halides is 3. The number of ketones is 2. The Morgan fingerprint density at radius 3 is 1.27 bits per heavy atom. The summed E-state index contributed by atoms with van der Waals surface area (Å²) in [5.41, 5.74) is 0.249. The number of H-pyrrole nitrogens is 1. The highest BCUT2D eigenvalue weighted by atomic mass is 31.2. The number of carbonyl (C=O) groups is 4. The molecule has 0 spiro atoms. The van der Waals surface area contributed by atoms with Crippen LogP contribution >= 0.6 is 25.6 Å². The molecule has 33 nitrogen and oxygen atoms in total. The van der Waals surface area contributed by atoms with Gasteiger partial charge in [-0.25, -0.2) is 19.0 Å². The number of nitrogens with one attached hydrogen (secondary N) is 2. The summed E-state index contributed by atoms with van der Waals surface area (Å²) in [6, 6.07) is 57.9. The third kappa shape index (κ3) is 27.4. The number of aromatic amines is 1. The minimum absolute atomic E-state index is 0.0101. The van der Waals surface area contributed by atoms with Crippen LogP contribution in [0.2, 0.25) is 0 Å². The molecule has 7 heterocycles. The molecule has 144 heavy (non-hydrogen) atoms. The summed E-state index contributed by atoms with van der Waals surface area (Å²) in [4.78, 5) is 75.9. The number of benzene rings is 6. The van der Waals surface area contributed by atoms with Crippen LogP contribution in [0.25, 0.3) is 11.2 Å². The van der Waals surface area contributed by atoms with Crippen molar-refractivity contribution in [2.45, 2.75) is 270 Å². The van der Waals surface area contributed by atoms with Crippen LogP contribution in [0.4, 0.5) is 19.1 Å².